The summed E-state index contributed by atoms with van der Waals surface area (Å²) in [5.41, 5.74) is 0.509. The number of benzene rings is 2. The molecule has 0 spiro atoms. The fourth-order valence-electron chi connectivity index (χ4n) is 2.39. The summed E-state index contributed by atoms with van der Waals surface area (Å²) in [4.78, 5) is 13.3. The summed E-state index contributed by atoms with van der Waals surface area (Å²) in [6, 6.07) is 10.8. The summed E-state index contributed by atoms with van der Waals surface area (Å²) in [6.07, 6.45) is 0. The van der Waals surface area contributed by atoms with Crippen LogP contribution in [0, 0.1) is 0 Å². The summed E-state index contributed by atoms with van der Waals surface area (Å²) in [6.45, 7) is 5.00. The maximum absolute atomic E-state index is 12.3. The summed E-state index contributed by atoms with van der Waals surface area (Å²) in [7, 11) is 3.10. The van der Waals surface area contributed by atoms with Gasteiger partial charge in [-0.25, -0.2) is 0 Å². The van der Waals surface area contributed by atoms with Gasteiger partial charge in [-0.15, -0.1) is 11.8 Å². The lowest BCUT2D eigenvalue weighted by Crippen LogP contribution is -2.22. The summed E-state index contributed by atoms with van der Waals surface area (Å²) < 4.78 is 21.6. The Morgan fingerprint density at radius 1 is 0.889 bits per heavy atom. The average molecular weight is 391 g/mol. The molecule has 6 nitrogen and oxygen atoms in total. The maximum atomic E-state index is 12.3. The van der Waals surface area contributed by atoms with Crippen molar-refractivity contribution in [3.8, 4) is 23.0 Å². The second-order valence-electron chi connectivity index (χ2n) is 5.34. The van der Waals surface area contributed by atoms with Gasteiger partial charge in [-0.05, 0) is 50.2 Å². The maximum Gasteiger partial charge on any atom is 0.252 e. The van der Waals surface area contributed by atoms with Crippen LogP contribution in [0.25, 0.3) is 0 Å². The minimum absolute atomic E-state index is 0.181. The molecule has 0 unspecified atom stereocenters. The molecule has 2 rings (SSSR count). The van der Waals surface area contributed by atoms with E-state index in [4.69, 9.17) is 18.9 Å². The van der Waals surface area contributed by atoms with Gasteiger partial charge in [0.25, 0.3) is 5.91 Å². The highest BCUT2D eigenvalue weighted by Crippen LogP contribution is 2.32. The molecule has 0 heterocycles. The Labute approximate surface area is 164 Å². The zero-order chi connectivity index (χ0) is 19.6. The molecule has 1 amide bonds. The average Bonchev–Trinajstić information content (AvgIpc) is 2.69. The predicted octanol–water partition coefficient (Wildman–Crippen LogP) is 3.98. The molecule has 146 valence electrons. The van der Waals surface area contributed by atoms with Crippen molar-refractivity contribution in [2.45, 2.75) is 18.7 Å². The van der Waals surface area contributed by atoms with Crippen molar-refractivity contribution < 1.29 is 23.7 Å². The van der Waals surface area contributed by atoms with E-state index >= 15 is 0 Å². The van der Waals surface area contributed by atoms with Crippen LogP contribution in [0.2, 0.25) is 0 Å². The van der Waals surface area contributed by atoms with Crippen LogP contribution in [0.3, 0.4) is 0 Å². The highest BCUT2D eigenvalue weighted by molar-refractivity contribution is 7.99. The molecule has 2 aromatic rings. The molecule has 1 N–H and O–H groups in total. The first-order valence-electron chi connectivity index (χ1n) is 8.65. The van der Waals surface area contributed by atoms with Crippen LogP contribution in [0.1, 0.15) is 24.2 Å². The van der Waals surface area contributed by atoms with Crippen molar-refractivity contribution in [3.05, 3.63) is 42.0 Å². The molecule has 0 fully saturated rings. The van der Waals surface area contributed by atoms with Gasteiger partial charge in [0.15, 0.2) is 23.0 Å². The monoisotopic (exact) mass is 391 g/mol. The fourth-order valence-corrected chi connectivity index (χ4v) is 3.11. The Hall–Kier alpha value is -2.54. The highest BCUT2D eigenvalue weighted by atomic mass is 32.2. The highest BCUT2D eigenvalue weighted by Gasteiger charge is 2.11. The SMILES string of the molecule is CCOc1ccc(SCNC(=O)c2ccc(OC)c(OC)c2)cc1OCC. The van der Waals surface area contributed by atoms with E-state index in [2.05, 4.69) is 5.32 Å². The van der Waals surface area contributed by atoms with Crippen molar-refractivity contribution in [2.24, 2.45) is 0 Å². The molecule has 0 aliphatic rings. The van der Waals surface area contributed by atoms with Gasteiger partial charge < -0.3 is 24.3 Å². The number of carbonyl (C=O) groups excluding carboxylic acids is 1. The Balaban J connectivity index is 1.97. The third-order valence-corrected chi connectivity index (χ3v) is 4.51. The van der Waals surface area contributed by atoms with E-state index in [1.807, 2.05) is 32.0 Å². The van der Waals surface area contributed by atoms with Crippen molar-refractivity contribution >= 4 is 17.7 Å². The van der Waals surface area contributed by atoms with Gasteiger partial charge in [-0.1, -0.05) is 0 Å². The topological polar surface area (TPSA) is 66.0 Å². The van der Waals surface area contributed by atoms with Crippen molar-refractivity contribution in [2.75, 3.05) is 33.3 Å². The number of nitrogens with one attached hydrogen (secondary N) is 1. The molecule has 27 heavy (non-hydrogen) atoms. The molecule has 0 saturated carbocycles. The van der Waals surface area contributed by atoms with Crippen LogP contribution < -0.4 is 24.3 Å². The standard InChI is InChI=1S/C20H25NO5S/c1-5-25-17-10-8-15(12-19(17)26-6-2)27-13-21-20(22)14-7-9-16(23-3)18(11-14)24-4/h7-12H,5-6,13H2,1-4H3,(H,21,22). The number of rotatable bonds is 10. The zero-order valence-electron chi connectivity index (χ0n) is 16.0. The van der Waals surface area contributed by atoms with Crippen LogP contribution in [0.15, 0.2) is 41.3 Å². The second-order valence-corrected chi connectivity index (χ2v) is 6.39. The van der Waals surface area contributed by atoms with Crippen molar-refractivity contribution in [1.29, 1.82) is 0 Å². The molecule has 7 heteroatoms. The van der Waals surface area contributed by atoms with E-state index in [0.29, 0.717) is 41.9 Å². The van der Waals surface area contributed by atoms with Crippen molar-refractivity contribution in [3.63, 3.8) is 0 Å². The lowest BCUT2D eigenvalue weighted by molar-refractivity contribution is 0.0960. The van der Waals surface area contributed by atoms with Gasteiger partial charge in [-0.2, -0.15) is 0 Å². The minimum Gasteiger partial charge on any atom is -0.493 e. The van der Waals surface area contributed by atoms with E-state index < -0.39 is 0 Å². The van der Waals surface area contributed by atoms with Crippen LogP contribution >= 0.6 is 11.8 Å². The Bertz CT molecular complexity index is 766. The number of hydrogen-bond donors (Lipinski definition) is 1. The van der Waals surface area contributed by atoms with Crippen LogP contribution in [-0.4, -0.2) is 39.2 Å². The predicted molar refractivity (Wildman–Crippen MR) is 107 cm³/mol. The van der Waals surface area contributed by atoms with E-state index in [9.17, 15) is 4.79 Å². The third kappa shape index (κ3) is 5.72. The molecule has 0 aliphatic carbocycles. The normalized spacial score (nSPS) is 10.2. The number of ether oxygens (including phenoxy) is 4. The molecule has 0 aliphatic heterocycles. The van der Waals surface area contributed by atoms with Crippen LogP contribution in [0.4, 0.5) is 0 Å². The molecule has 0 atom stereocenters. The molecular weight excluding hydrogens is 366 g/mol. The zero-order valence-corrected chi connectivity index (χ0v) is 16.9. The molecule has 0 bridgehead atoms. The lowest BCUT2D eigenvalue weighted by Gasteiger charge is -2.13. The Morgan fingerprint density at radius 2 is 1.56 bits per heavy atom. The van der Waals surface area contributed by atoms with Gasteiger partial charge in [0.2, 0.25) is 0 Å². The smallest absolute Gasteiger partial charge is 0.252 e. The van der Waals surface area contributed by atoms with Gasteiger partial charge in [0.05, 0.1) is 33.3 Å². The molecule has 0 aromatic heterocycles. The van der Waals surface area contributed by atoms with E-state index in [-0.39, 0.29) is 5.91 Å². The molecule has 2 aromatic carbocycles. The van der Waals surface area contributed by atoms with Crippen LogP contribution in [0.5, 0.6) is 23.0 Å². The number of amides is 1. The first-order chi connectivity index (χ1) is 13.1. The second kappa shape index (κ2) is 10.6. The first-order valence-corrected chi connectivity index (χ1v) is 9.64. The number of hydrogen-bond acceptors (Lipinski definition) is 6. The first kappa shape index (κ1) is 20.8. The van der Waals surface area contributed by atoms with Gasteiger partial charge in [-0.3, -0.25) is 4.79 Å². The van der Waals surface area contributed by atoms with E-state index in [0.717, 1.165) is 10.6 Å². The quantitative estimate of drug-likeness (QED) is 0.488. The molecule has 0 saturated heterocycles. The Kier molecular flexibility index (Phi) is 8.13. The summed E-state index contributed by atoms with van der Waals surface area (Å²) in [5, 5.41) is 2.88. The molecule has 0 radical (unpaired) electrons. The van der Waals surface area contributed by atoms with E-state index in [1.54, 1.807) is 25.3 Å². The molecular formula is C20H25NO5S. The number of thioether (sulfide) groups is 1. The van der Waals surface area contributed by atoms with Crippen molar-refractivity contribution in [1.82, 2.24) is 5.32 Å². The number of carbonyl (C=O) groups is 1. The third-order valence-electron chi connectivity index (χ3n) is 3.63. The van der Waals surface area contributed by atoms with Gasteiger partial charge >= 0.3 is 0 Å². The Morgan fingerprint density at radius 3 is 2.22 bits per heavy atom. The lowest BCUT2D eigenvalue weighted by atomic mass is 10.2. The van der Waals surface area contributed by atoms with E-state index in [1.165, 1.54) is 18.9 Å². The number of methoxy groups -OCH3 is 2. The van der Waals surface area contributed by atoms with Gasteiger partial charge in [0.1, 0.15) is 0 Å². The summed E-state index contributed by atoms with van der Waals surface area (Å²) >= 11 is 1.50. The minimum atomic E-state index is -0.181. The largest absolute Gasteiger partial charge is 0.493 e. The van der Waals surface area contributed by atoms with Crippen LogP contribution in [-0.2, 0) is 0 Å². The fraction of sp³-hybridized carbons (Fsp3) is 0.350. The van der Waals surface area contributed by atoms with Gasteiger partial charge in [0, 0.05) is 10.5 Å². The summed E-state index contributed by atoms with van der Waals surface area (Å²) in [5.74, 6) is 2.77.